The van der Waals surface area contributed by atoms with Crippen LogP contribution in [-0.2, 0) is 16.0 Å². The molecule has 0 amide bonds. The number of carboxylic acids is 1. The number of ether oxygens (including phenoxy) is 1. The van der Waals surface area contributed by atoms with Gasteiger partial charge in [-0.25, -0.2) is 4.79 Å². The number of rotatable bonds is 4. The fourth-order valence-corrected chi connectivity index (χ4v) is 3.37. The second-order valence-electron chi connectivity index (χ2n) is 5.98. The van der Waals surface area contributed by atoms with Crippen molar-refractivity contribution in [2.75, 3.05) is 6.61 Å². The van der Waals surface area contributed by atoms with Gasteiger partial charge in [0.25, 0.3) is 0 Å². The molecule has 1 aromatic rings. The third-order valence-corrected chi connectivity index (χ3v) is 4.55. The maximum absolute atomic E-state index is 11.4. The van der Waals surface area contributed by atoms with Crippen molar-refractivity contribution in [2.45, 2.75) is 62.9 Å². The van der Waals surface area contributed by atoms with Gasteiger partial charge in [0.15, 0.2) is 5.60 Å². The fraction of sp³-hybridized carbons (Fsp3) is 0.733. The highest BCUT2D eigenvalue weighted by Gasteiger charge is 2.44. The molecule has 2 aliphatic rings. The third kappa shape index (κ3) is 2.59. The average Bonchev–Trinajstić information content (AvgIpc) is 3.10. The van der Waals surface area contributed by atoms with Crippen LogP contribution in [0.2, 0.25) is 0 Å². The quantitative estimate of drug-likeness (QED) is 0.917. The Morgan fingerprint density at radius 1 is 1.35 bits per heavy atom. The smallest absolute Gasteiger partial charge is 0.336 e. The Kier molecular flexibility index (Phi) is 3.78. The summed E-state index contributed by atoms with van der Waals surface area (Å²) in [4.78, 5) is 11.4. The first-order valence-electron chi connectivity index (χ1n) is 7.52. The maximum Gasteiger partial charge on any atom is 0.336 e. The Balaban J connectivity index is 1.71. The van der Waals surface area contributed by atoms with Crippen LogP contribution >= 0.6 is 0 Å². The van der Waals surface area contributed by atoms with Crippen LogP contribution in [-0.4, -0.2) is 28.4 Å². The van der Waals surface area contributed by atoms with Crippen LogP contribution in [0.25, 0.3) is 0 Å². The van der Waals surface area contributed by atoms with Gasteiger partial charge in [-0.3, -0.25) is 0 Å². The number of carbonyl (C=O) groups is 1. The lowest BCUT2D eigenvalue weighted by atomic mass is 9.86. The second kappa shape index (κ2) is 5.56. The van der Waals surface area contributed by atoms with E-state index in [0.29, 0.717) is 24.7 Å². The lowest BCUT2D eigenvalue weighted by Crippen LogP contribution is -2.40. The molecule has 3 rings (SSSR count). The summed E-state index contributed by atoms with van der Waals surface area (Å²) in [6.07, 6.45) is 7.72. The molecule has 0 spiro atoms. The Hall–Kier alpha value is -1.36. The van der Waals surface area contributed by atoms with E-state index >= 15 is 0 Å². The molecule has 2 fully saturated rings. The molecule has 1 unspecified atom stereocenters. The SMILES string of the molecule is O=C(O)C1(Cc2cc(C3CCCCC3)no2)CCCO1. The molecular weight excluding hydrogens is 258 g/mol. The molecule has 1 aliphatic carbocycles. The van der Waals surface area contributed by atoms with Gasteiger partial charge in [-0.05, 0) is 25.7 Å². The first-order chi connectivity index (χ1) is 9.70. The highest BCUT2D eigenvalue weighted by Crippen LogP contribution is 2.34. The van der Waals surface area contributed by atoms with Crippen molar-refractivity contribution in [1.82, 2.24) is 5.16 Å². The molecule has 1 aliphatic heterocycles. The van der Waals surface area contributed by atoms with Crippen LogP contribution in [0.3, 0.4) is 0 Å². The molecule has 1 saturated heterocycles. The van der Waals surface area contributed by atoms with Crippen LogP contribution < -0.4 is 0 Å². The molecule has 1 N–H and O–H groups in total. The lowest BCUT2D eigenvalue weighted by Gasteiger charge is -2.21. The van der Waals surface area contributed by atoms with Gasteiger partial charge in [-0.15, -0.1) is 0 Å². The van der Waals surface area contributed by atoms with Crippen molar-refractivity contribution in [1.29, 1.82) is 0 Å². The molecule has 0 radical (unpaired) electrons. The largest absolute Gasteiger partial charge is 0.479 e. The van der Waals surface area contributed by atoms with Gasteiger partial charge in [-0.2, -0.15) is 0 Å². The Bertz CT molecular complexity index is 470. The molecule has 110 valence electrons. The summed E-state index contributed by atoms with van der Waals surface area (Å²) in [6, 6.07) is 1.93. The number of hydrogen-bond donors (Lipinski definition) is 1. The van der Waals surface area contributed by atoms with Crippen LogP contribution in [0.1, 0.15) is 62.3 Å². The summed E-state index contributed by atoms with van der Waals surface area (Å²) in [5, 5.41) is 13.5. The van der Waals surface area contributed by atoms with Gasteiger partial charge in [0, 0.05) is 25.0 Å². The second-order valence-corrected chi connectivity index (χ2v) is 5.98. The zero-order chi connectivity index (χ0) is 14.0. The molecule has 1 atom stereocenters. The number of carboxylic acid groups (broad SMARTS) is 1. The van der Waals surface area contributed by atoms with E-state index in [1.54, 1.807) is 0 Å². The number of hydrogen-bond acceptors (Lipinski definition) is 4. The molecule has 0 bridgehead atoms. The predicted octanol–water partition coefficient (Wildman–Crippen LogP) is 2.90. The standard InChI is InChI=1S/C15H21NO4/c17-14(18)15(7-4-8-19-15)10-12-9-13(16-20-12)11-5-2-1-3-6-11/h9,11H,1-8,10H2,(H,17,18). The van der Waals surface area contributed by atoms with E-state index < -0.39 is 11.6 Å². The van der Waals surface area contributed by atoms with Crippen molar-refractivity contribution in [3.8, 4) is 0 Å². The van der Waals surface area contributed by atoms with Gasteiger partial charge in [0.1, 0.15) is 5.76 Å². The number of aliphatic carboxylic acids is 1. The molecule has 5 nitrogen and oxygen atoms in total. The predicted molar refractivity (Wildman–Crippen MR) is 71.6 cm³/mol. The van der Waals surface area contributed by atoms with Crippen molar-refractivity contribution in [3.63, 3.8) is 0 Å². The topological polar surface area (TPSA) is 72.6 Å². The summed E-state index contributed by atoms with van der Waals surface area (Å²) < 4.78 is 10.8. The molecule has 1 saturated carbocycles. The summed E-state index contributed by atoms with van der Waals surface area (Å²) in [5.74, 6) is 0.215. The monoisotopic (exact) mass is 279 g/mol. The molecule has 1 aromatic heterocycles. The van der Waals surface area contributed by atoms with Gasteiger partial charge in [0.05, 0.1) is 5.69 Å². The molecule has 5 heteroatoms. The Morgan fingerprint density at radius 2 is 2.15 bits per heavy atom. The fourth-order valence-electron chi connectivity index (χ4n) is 3.37. The van der Waals surface area contributed by atoms with Crippen LogP contribution in [0.4, 0.5) is 0 Å². The zero-order valence-corrected chi connectivity index (χ0v) is 11.6. The van der Waals surface area contributed by atoms with Crippen molar-refractivity contribution in [2.24, 2.45) is 0 Å². The van der Waals surface area contributed by atoms with E-state index in [-0.39, 0.29) is 6.42 Å². The minimum absolute atomic E-state index is 0.280. The van der Waals surface area contributed by atoms with E-state index in [0.717, 1.165) is 25.0 Å². The van der Waals surface area contributed by atoms with E-state index in [4.69, 9.17) is 9.26 Å². The summed E-state index contributed by atoms with van der Waals surface area (Å²) in [5.41, 5.74) is -0.123. The highest BCUT2D eigenvalue weighted by molar-refractivity contribution is 5.78. The Morgan fingerprint density at radius 3 is 2.80 bits per heavy atom. The van der Waals surface area contributed by atoms with Crippen molar-refractivity contribution in [3.05, 3.63) is 17.5 Å². The molecule has 0 aromatic carbocycles. The minimum Gasteiger partial charge on any atom is -0.479 e. The summed E-state index contributed by atoms with van der Waals surface area (Å²) in [6.45, 7) is 0.510. The van der Waals surface area contributed by atoms with Gasteiger partial charge < -0.3 is 14.4 Å². The molecule has 20 heavy (non-hydrogen) atoms. The van der Waals surface area contributed by atoms with Gasteiger partial charge in [-0.1, -0.05) is 24.4 Å². The highest BCUT2D eigenvalue weighted by atomic mass is 16.5. The van der Waals surface area contributed by atoms with Crippen molar-refractivity contribution >= 4 is 5.97 Å². The lowest BCUT2D eigenvalue weighted by molar-refractivity contribution is -0.160. The molecule has 2 heterocycles. The van der Waals surface area contributed by atoms with E-state index in [1.807, 2.05) is 6.07 Å². The van der Waals surface area contributed by atoms with E-state index in [2.05, 4.69) is 5.16 Å². The zero-order valence-electron chi connectivity index (χ0n) is 11.6. The first kappa shape index (κ1) is 13.6. The van der Waals surface area contributed by atoms with Crippen LogP contribution in [0.5, 0.6) is 0 Å². The van der Waals surface area contributed by atoms with Gasteiger partial charge >= 0.3 is 5.97 Å². The van der Waals surface area contributed by atoms with Gasteiger partial charge in [0.2, 0.25) is 0 Å². The average molecular weight is 279 g/mol. The molecular formula is C15H21NO4. The number of nitrogens with zero attached hydrogens (tertiary/aromatic N) is 1. The van der Waals surface area contributed by atoms with E-state index in [9.17, 15) is 9.90 Å². The van der Waals surface area contributed by atoms with Crippen LogP contribution in [0.15, 0.2) is 10.6 Å². The van der Waals surface area contributed by atoms with Crippen molar-refractivity contribution < 1.29 is 19.2 Å². The van der Waals surface area contributed by atoms with Crippen LogP contribution in [0, 0.1) is 0 Å². The first-order valence-corrected chi connectivity index (χ1v) is 7.52. The van der Waals surface area contributed by atoms with E-state index in [1.165, 1.54) is 19.3 Å². The Labute approximate surface area is 118 Å². The normalized spacial score (nSPS) is 27.8. The maximum atomic E-state index is 11.4. The third-order valence-electron chi connectivity index (χ3n) is 4.55. The summed E-state index contributed by atoms with van der Waals surface area (Å²) >= 11 is 0. The minimum atomic E-state index is -1.11. The number of aromatic nitrogens is 1. The summed E-state index contributed by atoms with van der Waals surface area (Å²) in [7, 11) is 0.